The second kappa shape index (κ2) is 5.41. The fraction of sp³-hybridized carbons (Fsp3) is 0.615. The molecule has 0 radical (unpaired) electrons. The van der Waals surface area contributed by atoms with Crippen molar-refractivity contribution in [3.63, 3.8) is 0 Å². The normalized spacial score (nSPS) is 22.2. The van der Waals surface area contributed by atoms with E-state index in [4.69, 9.17) is 10.5 Å². The first-order chi connectivity index (χ1) is 7.77. The van der Waals surface area contributed by atoms with Crippen LogP contribution >= 0.6 is 0 Å². The Morgan fingerprint density at radius 1 is 1.62 bits per heavy atom. The van der Waals surface area contributed by atoms with Gasteiger partial charge in [-0.25, -0.2) is 0 Å². The summed E-state index contributed by atoms with van der Waals surface area (Å²) in [6.07, 6.45) is 8.60. The molecule has 1 aliphatic rings. The summed E-state index contributed by atoms with van der Waals surface area (Å²) >= 11 is 0. The summed E-state index contributed by atoms with van der Waals surface area (Å²) in [5.41, 5.74) is 8.59. The zero-order valence-electron chi connectivity index (χ0n) is 9.86. The third kappa shape index (κ3) is 2.80. The average molecular weight is 220 g/mol. The number of nitrogens with two attached hydrogens (primary N) is 1. The summed E-state index contributed by atoms with van der Waals surface area (Å²) < 4.78 is 5.60. The van der Waals surface area contributed by atoms with E-state index in [9.17, 15) is 0 Å². The highest BCUT2D eigenvalue weighted by molar-refractivity contribution is 5.24. The molecule has 2 heterocycles. The monoisotopic (exact) mass is 220 g/mol. The molecule has 1 aromatic rings. The van der Waals surface area contributed by atoms with Crippen LogP contribution in [0.2, 0.25) is 0 Å². The fourth-order valence-corrected chi connectivity index (χ4v) is 2.29. The van der Waals surface area contributed by atoms with Gasteiger partial charge in [-0.1, -0.05) is 0 Å². The molecule has 1 aromatic heterocycles. The Kier molecular flexibility index (Phi) is 3.91. The van der Waals surface area contributed by atoms with Crippen LogP contribution in [0.25, 0.3) is 0 Å². The molecule has 1 fully saturated rings. The van der Waals surface area contributed by atoms with Crippen molar-refractivity contribution in [2.24, 2.45) is 5.73 Å². The lowest BCUT2D eigenvalue weighted by atomic mass is 9.98. The quantitative estimate of drug-likeness (QED) is 0.847. The maximum atomic E-state index is 6.19. The van der Waals surface area contributed by atoms with Crippen molar-refractivity contribution in [2.45, 2.75) is 44.8 Å². The maximum Gasteiger partial charge on any atom is 0.0576 e. The highest BCUT2D eigenvalue weighted by Crippen LogP contribution is 2.23. The second-order valence-corrected chi connectivity index (χ2v) is 4.55. The third-order valence-corrected chi connectivity index (χ3v) is 3.29. The van der Waals surface area contributed by atoms with Gasteiger partial charge in [0.05, 0.1) is 6.10 Å². The van der Waals surface area contributed by atoms with Crippen LogP contribution in [0.3, 0.4) is 0 Å². The smallest absolute Gasteiger partial charge is 0.0576 e. The molecule has 0 aromatic carbocycles. The first-order valence-electron chi connectivity index (χ1n) is 6.05. The highest BCUT2D eigenvalue weighted by atomic mass is 16.5. The molecule has 16 heavy (non-hydrogen) atoms. The zero-order valence-corrected chi connectivity index (χ0v) is 9.86. The minimum atomic E-state index is 0.118. The van der Waals surface area contributed by atoms with Gasteiger partial charge >= 0.3 is 0 Å². The lowest BCUT2D eigenvalue weighted by Crippen LogP contribution is -2.15. The molecule has 2 unspecified atom stereocenters. The van der Waals surface area contributed by atoms with E-state index in [1.165, 1.54) is 24.0 Å². The summed E-state index contributed by atoms with van der Waals surface area (Å²) in [7, 11) is 0. The van der Waals surface area contributed by atoms with E-state index >= 15 is 0 Å². The number of hydrogen-bond donors (Lipinski definition) is 1. The highest BCUT2D eigenvalue weighted by Gasteiger charge is 2.17. The van der Waals surface area contributed by atoms with Gasteiger partial charge in [0.15, 0.2) is 0 Å². The van der Waals surface area contributed by atoms with E-state index in [1.54, 1.807) is 0 Å². The summed E-state index contributed by atoms with van der Waals surface area (Å²) in [5.74, 6) is 0. The molecule has 2 atom stereocenters. The fourth-order valence-electron chi connectivity index (χ4n) is 2.29. The van der Waals surface area contributed by atoms with Gasteiger partial charge in [-0.15, -0.1) is 0 Å². The van der Waals surface area contributed by atoms with Crippen LogP contribution in [0.5, 0.6) is 0 Å². The predicted octanol–water partition coefficient (Wildman–Crippen LogP) is 2.35. The minimum absolute atomic E-state index is 0.118. The molecular weight excluding hydrogens is 200 g/mol. The van der Waals surface area contributed by atoms with Gasteiger partial charge < -0.3 is 10.5 Å². The molecule has 0 amide bonds. The number of pyridine rings is 1. The number of aromatic nitrogens is 1. The van der Waals surface area contributed by atoms with Crippen molar-refractivity contribution in [1.82, 2.24) is 4.98 Å². The van der Waals surface area contributed by atoms with E-state index in [2.05, 4.69) is 11.9 Å². The number of rotatable bonds is 4. The van der Waals surface area contributed by atoms with Crippen molar-refractivity contribution in [1.29, 1.82) is 0 Å². The minimum Gasteiger partial charge on any atom is -0.378 e. The standard InChI is InChI=1S/C13H20N2O/c1-10-9-15-7-6-12(10)13(14)5-4-11-3-2-8-16-11/h6-7,9,11,13H,2-5,8,14H2,1H3. The van der Waals surface area contributed by atoms with Crippen LogP contribution in [0.4, 0.5) is 0 Å². The first-order valence-corrected chi connectivity index (χ1v) is 6.05. The average Bonchev–Trinajstić information content (AvgIpc) is 2.79. The molecule has 0 aliphatic carbocycles. The molecule has 1 saturated heterocycles. The number of hydrogen-bond acceptors (Lipinski definition) is 3. The summed E-state index contributed by atoms with van der Waals surface area (Å²) in [6.45, 7) is 2.99. The van der Waals surface area contributed by atoms with Gasteiger partial charge in [-0.05, 0) is 49.8 Å². The zero-order chi connectivity index (χ0) is 11.4. The molecule has 3 nitrogen and oxygen atoms in total. The van der Waals surface area contributed by atoms with E-state index in [0.29, 0.717) is 6.10 Å². The molecule has 88 valence electrons. The molecule has 2 rings (SSSR count). The Balaban J connectivity index is 1.87. The Labute approximate surface area is 97.0 Å². The van der Waals surface area contributed by atoms with Crippen molar-refractivity contribution >= 4 is 0 Å². The molecular formula is C13H20N2O. The molecule has 0 spiro atoms. The van der Waals surface area contributed by atoms with Crippen LogP contribution in [0.1, 0.15) is 42.9 Å². The number of ether oxygens (including phenoxy) is 1. The van der Waals surface area contributed by atoms with Gasteiger partial charge in [0, 0.05) is 25.0 Å². The van der Waals surface area contributed by atoms with E-state index in [0.717, 1.165) is 19.4 Å². The molecule has 2 N–H and O–H groups in total. The van der Waals surface area contributed by atoms with Crippen LogP contribution in [0, 0.1) is 6.92 Å². The lowest BCUT2D eigenvalue weighted by molar-refractivity contribution is 0.101. The van der Waals surface area contributed by atoms with Gasteiger partial charge in [0.2, 0.25) is 0 Å². The van der Waals surface area contributed by atoms with Crippen molar-refractivity contribution in [3.05, 3.63) is 29.6 Å². The van der Waals surface area contributed by atoms with E-state index < -0.39 is 0 Å². The lowest BCUT2D eigenvalue weighted by Gasteiger charge is -2.16. The molecule has 1 aliphatic heterocycles. The van der Waals surface area contributed by atoms with Gasteiger partial charge in [-0.2, -0.15) is 0 Å². The van der Waals surface area contributed by atoms with Crippen LogP contribution in [-0.4, -0.2) is 17.7 Å². The second-order valence-electron chi connectivity index (χ2n) is 4.55. The first kappa shape index (κ1) is 11.6. The predicted molar refractivity (Wildman–Crippen MR) is 64.1 cm³/mol. The van der Waals surface area contributed by atoms with Crippen LogP contribution < -0.4 is 5.73 Å². The largest absolute Gasteiger partial charge is 0.378 e. The van der Waals surface area contributed by atoms with Gasteiger partial charge in [-0.3, -0.25) is 4.98 Å². The molecule has 0 saturated carbocycles. The van der Waals surface area contributed by atoms with Gasteiger partial charge in [0.25, 0.3) is 0 Å². The number of aryl methyl sites for hydroxylation is 1. The van der Waals surface area contributed by atoms with Crippen molar-refractivity contribution in [3.8, 4) is 0 Å². The van der Waals surface area contributed by atoms with Crippen molar-refractivity contribution < 1.29 is 4.74 Å². The van der Waals surface area contributed by atoms with Crippen LogP contribution in [-0.2, 0) is 4.74 Å². The Morgan fingerprint density at radius 3 is 3.19 bits per heavy atom. The van der Waals surface area contributed by atoms with Crippen molar-refractivity contribution in [2.75, 3.05) is 6.61 Å². The van der Waals surface area contributed by atoms with E-state index in [-0.39, 0.29) is 6.04 Å². The van der Waals surface area contributed by atoms with Gasteiger partial charge in [0.1, 0.15) is 0 Å². The molecule has 0 bridgehead atoms. The molecule has 3 heteroatoms. The summed E-state index contributed by atoms with van der Waals surface area (Å²) in [4.78, 5) is 4.08. The summed E-state index contributed by atoms with van der Waals surface area (Å²) in [5, 5.41) is 0. The Morgan fingerprint density at radius 2 is 2.50 bits per heavy atom. The van der Waals surface area contributed by atoms with E-state index in [1.807, 2.05) is 18.5 Å². The SMILES string of the molecule is Cc1cnccc1C(N)CCC1CCCO1. The Bertz CT molecular complexity index is 334. The number of nitrogens with zero attached hydrogens (tertiary/aromatic N) is 1. The Hall–Kier alpha value is -0.930. The van der Waals surface area contributed by atoms with Crippen LogP contribution in [0.15, 0.2) is 18.5 Å². The topological polar surface area (TPSA) is 48.1 Å². The summed E-state index contributed by atoms with van der Waals surface area (Å²) in [6, 6.07) is 2.14. The maximum absolute atomic E-state index is 6.19. The third-order valence-electron chi connectivity index (χ3n) is 3.29.